The highest BCUT2D eigenvalue weighted by Crippen LogP contribution is 2.34. The highest BCUT2D eigenvalue weighted by molar-refractivity contribution is 6.15. The number of rotatable bonds is 5. The van der Waals surface area contributed by atoms with E-state index in [1.54, 1.807) is 13.2 Å². The van der Waals surface area contributed by atoms with E-state index in [0.29, 0.717) is 24.4 Å². The van der Waals surface area contributed by atoms with Crippen molar-refractivity contribution in [2.24, 2.45) is 0 Å². The Hall–Kier alpha value is -3.02. The van der Waals surface area contributed by atoms with Gasteiger partial charge in [0.2, 0.25) is 0 Å². The van der Waals surface area contributed by atoms with Crippen molar-refractivity contribution in [2.45, 2.75) is 25.9 Å². The fourth-order valence-corrected chi connectivity index (χ4v) is 2.77. The Bertz CT molecular complexity index is 832. The minimum atomic E-state index is -1.60. The van der Waals surface area contributed by atoms with E-state index in [1.165, 1.54) is 6.92 Å². The first-order chi connectivity index (χ1) is 12.4. The number of fused-ring (bicyclic) bond motifs is 1. The summed E-state index contributed by atoms with van der Waals surface area (Å²) in [4.78, 5) is 25.0. The molecule has 1 atom stereocenters. The van der Waals surface area contributed by atoms with Crippen LogP contribution in [0.15, 0.2) is 42.5 Å². The van der Waals surface area contributed by atoms with Crippen LogP contribution in [0.1, 0.15) is 18.1 Å². The number of amides is 2. The zero-order valence-corrected chi connectivity index (χ0v) is 15.1. The number of ether oxygens (including phenoxy) is 2. The number of carbonyl (C=O) groups excluding carboxylic acids is 2. The number of carbonyl (C=O) groups is 2. The molecule has 1 unspecified atom stereocenters. The van der Waals surface area contributed by atoms with E-state index in [2.05, 4.69) is 10.6 Å². The third kappa shape index (κ3) is 3.49. The molecule has 0 fully saturated rings. The van der Waals surface area contributed by atoms with Crippen LogP contribution in [0.2, 0.25) is 0 Å². The monoisotopic (exact) mass is 354 g/mol. The van der Waals surface area contributed by atoms with Crippen molar-refractivity contribution in [3.8, 4) is 11.5 Å². The topological polar surface area (TPSA) is 76.7 Å². The van der Waals surface area contributed by atoms with Gasteiger partial charge in [0.15, 0.2) is 0 Å². The van der Waals surface area contributed by atoms with Crippen LogP contribution < -0.4 is 20.1 Å². The van der Waals surface area contributed by atoms with Gasteiger partial charge in [-0.2, -0.15) is 0 Å². The molecule has 6 heteroatoms. The Kier molecular flexibility index (Phi) is 4.84. The molecular formula is C20H22N2O4. The maximum absolute atomic E-state index is 12.6. The predicted octanol–water partition coefficient (Wildman–Crippen LogP) is 2.45. The van der Waals surface area contributed by atoms with Crippen LogP contribution in [-0.4, -0.2) is 31.1 Å². The van der Waals surface area contributed by atoms with Crippen LogP contribution in [0.4, 0.5) is 5.69 Å². The molecule has 0 saturated carbocycles. The van der Waals surface area contributed by atoms with Crippen molar-refractivity contribution in [3.05, 3.63) is 53.6 Å². The molecule has 1 aliphatic rings. The molecule has 1 aliphatic heterocycles. The van der Waals surface area contributed by atoms with Gasteiger partial charge in [0.05, 0.1) is 12.8 Å². The summed E-state index contributed by atoms with van der Waals surface area (Å²) in [5.74, 6) is 0.335. The molecule has 0 saturated heterocycles. The van der Waals surface area contributed by atoms with Gasteiger partial charge in [-0.3, -0.25) is 9.59 Å². The van der Waals surface area contributed by atoms with Crippen molar-refractivity contribution in [1.29, 1.82) is 0 Å². The van der Waals surface area contributed by atoms with Crippen LogP contribution >= 0.6 is 0 Å². The molecule has 0 radical (unpaired) electrons. The molecule has 2 N–H and O–H groups in total. The average molecular weight is 354 g/mol. The lowest BCUT2D eigenvalue weighted by Crippen LogP contribution is -2.58. The van der Waals surface area contributed by atoms with E-state index >= 15 is 0 Å². The van der Waals surface area contributed by atoms with Gasteiger partial charge in [-0.25, -0.2) is 0 Å². The van der Waals surface area contributed by atoms with Crippen LogP contribution in [0.5, 0.6) is 11.5 Å². The highest BCUT2D eigenvalue weighted by atomic mass is 16.5. The Labute approximate surface area is 152 Å². The first-order valence-electron chi connectivity index (χ1n) is 8.45. The number of aryl methyl sites for hydroxylation is 1. The average Bonchev–Trinajstić information content (AvgIpc) is 2.63. The van der Waals surface area contributed by atoms with E-state index in [9.17, 15) is 9.59 Å². The predicted molar refractivity (Wildman–Crippen MR) is 98.5 cm³/mol. The van der Waals surface area contributed by atoms with Gasteiger partial charge in [0.1, 0.15) is 11.5 Å². The number of anilines is 1. The Morgan fingerprint density at radius 1 is 1.23 bits per heavy atom. The second kappa shape index (κ2) is 7.07. The summed E-state index contributed by atoms with van der Waals surface area (Å²) in [6, 6.07) is 13.1. The first-order valence-corrected chi connectivity index (χ1v) is 8.45. The molecule has 136 valence electrons. The molecule has 0 aliphatic carbocycles. The summed E-state index contributed by atoms with van der Waals surface area (Å²) in [5, 5.41) is 5.54. The van der Waals surface area contributed by atoms with Crippen LogP contribution in [-0.2, 0) is 16.0 Å². The molecule has 2 aromatic rings. The van der Waals surface area contributed by atoms with Gasteiger partial charge in [-0.1, -0.05) is 18.2 Å². The third-order valence-electron chi connectivity index (χ3n) is 4.42. The van der Waals surface area contributed by atoms with Crippen molar-refractivity contribution in [2.75, 3.05) is 19.0 Å². The highest BCUT2D eigenvalue weighted by Gasteiger charge is 2.47. The molecular weight excluding hydrogens is 332 g/mol. The summed E-state index contributed by atoms with van der Waals surface area (Å²) in [6.45, 7) is 3.80. The molecule has 1 heterocycles. The summed E-state index contributed by atoms with van der Waals surface area (Å²) in [5.41, 5.74) is 1.05. The standard InChI is InChI=1S/C20H22N2O4/c1-13-4-9-17-16(12-13)22-19(24)20(2,26-17)18(23)21-11-10-14-5-7-15(25-3)8-6-14/h4-9,12H,10-11H2,1-3H3,(H,21,23)(H,22,24). The fourth-order valence-electron chi connectivity index (χ4n) is 2.77. The Morgan fingerprint density at radius 3 is 2.65 bits per heavy atom. The quantitative estimate of drug-likeness (QED) is 0.809. The summed E-state index contributed by atoms with van der Waals surface area (Å²) >= 11 is 0. The van der Waals surface area contributed by atoms with Crippen molar-refractivity contribution in [1.82, 2.24) is 5.32 Å². The second-order valence-electron chi connectivity index (χ2n) is 6.44. The minimum Gasteiger partial charge on any atom is -0.497 e. The van der Waals surface area contributed by atoms with Crippen molar-refractivity contribution >= 4 is 17.5 Å². The first kappa shape index (κ1) is 17.8. The molecule has 26 heavy (non-hydrogen) atoms. The van der Waals surface area contributed by atoms with Gasteiger partial charge < -0.3 is 20.1 Å². The minimum absolute atomic E-state index is 0.401. The van der Waals surface area contributed by atoms with Crippen LogP contribution in [0.25, 0.3) is 0 Å². The maximum atomic E-state index is 12.6. The van der Waals surface area contributed by atoms with Crippen LogP contribution in [0, 0.1) is 6.92 Å². The summed E-state index contributed by atoms with van der Waals surface area (Å²) in [6.07, 6.45) is 0.642. The summed E-state index contributed by atoms with van der Waals surface area (Å²) in [7, 11) is 1.62. The van der Waals surface area contributed by atoms with Gasteiger partial charge in [0.25, 0.3) is 17.4 Å². The third-order valence-corrected chi connectivity index (χ3v) is 4.42. The lowest BCUT2D eigenvalue weighted by molar-refractivity contribution is -0.146. The SMILES string of the molecule is COc1ccc(CCNC(=O)C2(C)Oc3ccc(C)cc3NC2=O)cc1. The molecule has 0 aromatic heterocycles. The largest absolute Gasteiger partial charge is 0.497 e. The summed E-state index contributed by atoms with van der Waals surface area (Å²) < 4.78 is 10.9. The van der Waals surface area contributed by atoms with Crippen molar-refractivity contribution in [3.63, 3.8) is 0 Å². The molecule has 2 amide bonds. The van der Waals surface area contributed by atoms with Gasteiger partial charge in [-0.15, -0.1) is 0 Å². The number of hydrogen-bond donors (Lipinski definition) is 2. The Balaban J connectivity index is 1.63. The number of benzene rings is 2. The zero-order chi connectivity index (χ0) is 18.7. The van der Waals surface area contributed by atoms with E-state index in [0.717, 1.165) is 16.9 Å². The lowest BCUT2D eigenvalue weighted by atomic mass is 10.0. The van der Waals surface area contributed by atoms with Gasteiger partial charge in [0, 0.05) is 6.54 Å². The second-order valence-corrected chi connectivity index (χ2v) is 6.44. The molecule has 2 aromatic carbocycles. The lowest BCUT2D eigenvalue weighted by Gasteiger charge is -2.33. The van der Waals surface area contributed by atoms with E-state index in [4.69, 9.17) is 9.47 Å². The number of nitrogens with one attached hydrogen (secondary N) is 2. The van der Waals surface area contributed by atoms with Gasteiger partial charge in [-0.05, 0) is 55.7 Å². The van der Waals surface area contributed by atoms with E-state index < -0.39 is 17.4 Å². The zero-order valence-electron chi connectivity index (χ0n) is 15.1. The molecule has 0 bridgehead atoms. The maximum Gasteiger partial charge on any atom is 0.278 e. The van der Waals surface area contributed by atoms with Crippen LogP contribution in [0.3, 0.4) is 0 Å². The van der Waals surface area contributed by atoms with Crippen molar-refractivity contribution < 1.29 is 19.1 Å². The molecule has 3 rings (SSSR count). The van der Waals surface area contributed by atoms with E-state index in [1.807, 2.05) is 43.3 Å². The number of methoxy groups -OCH3 is 1. The molecule has 0 spiro atoms. The van der Waals surface area contributed by atoms with Gasteiger partial charge >= 0.3 is 0 Å². The fraction of sp³-hybridized carbons (Fsp3) is 0.300. The molecule has 6 nitrogen and oxygen atoms in total. The van der Waals surface area contributed by atoms with E-state index in [-0.39, 0.29) is 0 Å². The number of hydrogen-bond acceptors (Lipinski definition) is 4. The smallest absolute Gasteiger partial charge is 0.278 e. The Morgan fingerprint density at radius 2 is 1.96 bits per heavy atom. The normalized spacial score (nSPS) is 18.3.